The van der Waals surface area contributed by atoms with Crippen LogP contribution in [-0.4, -0.2) is 56.1 Å². The molecule has 2 aromatic heterocycles. The summed E-state index contributed by atoms with van der Waals surface area (Å²) in [5.41, 5.74) is 0. The van der Waals surface area contributed by atoms with Gasteiger partial charge in [0.2, 0.25) is 11.9 Å². The smallest absolute Gasteiger partial charge is 0.257 e. The molecule has 0 aliphatic heterocycles. The highest BCUT2D eigenvalue weighted by atomic mass is 16.3. The van der Waals surface area contributed by atoms with Crippen LogP contribution in [0.15, 0.2) is 18.5 Å². The molecule has 0 fully saturated rings. The number of nitrogens with zero attached hydrogens (tertiary/aromatic N) is 6. The van der Waals surface area contributed by atoms with E-state index in [0.29, 0.717) is 30.9 Å². The van der Waals surface area contributed by atoms with E-state index in [0.717, 1.165) is 0 Å². The standard InChI is InChI=1S/C12H19N7O/c1-4-13-10-15-11(18(3)8-9(2)20)17-12(16-10)19-7-5-6-14-19/h5-7,9,20H,4,8H2,1-3H3,(H,13,15,16,17). The second-order valence-corrected chi connectivity index (χ2v) is 4.47. The third kappa shape index (κ3) is 3.41. The Morgan fingerprint density at radius 3 is 2.80 bits per heavy atom. The monoisotopic (exact) mass is 277 g/mol. The molecule has 2 rings (SSSR count). The van der Waals surface area contributed by atoms with Crippen molar-refractivity contribution in [3.05, 3.63) is 18.5 Å². The molecule has 0 saturated carbocycles. The fourth-order valence-electron chi connectivity index (χ4n) is 1.73. The first kappa shape index (κ1) is 14.2. The average molecular weight is 277 g/mol. The molecule has 1 unspecified atom stereocenters. The van der Waals surface area contributed by atoms with Crippen molar-refractivity contribution in [2.45, 2.75) is 20.0 Å². The Morgan fingerprint density at radius 1 is 1.40 bits per heavy atom. The second kappa shape index (κ2) is 6.29. The third-order valence-corrected chi connectivity index (χ3v) is 2.54. The number of anilines is 2. The van der Waals surface area contributed by atoms with Gasteiger partial charge in [0.1, 0.15) is 0 Å². The van der Waals surface area contributed by atoms with Crippen LogP contribution < -0.4 is 10.2 Å². The predicted molar refractivity (Wildman–Crippen MR) is 76.1 cm³/mol. The van der Waals surface area contributed by atoms with Crippen LogP contribution in [0, 0.1) is 0 Å². The fraction of sp³-hybridized carbons (Fsp3) is 0.500. The van der Waals surface area contributed by atoms with E-state index in [1.54, 1.807) is 35.0 Å². The fourth-order valence-corrected chi connectivity index (χ4v) is 1.73. The Morgan fingerprint density at radius 2 is 2.20 bits per heavy atom. The Bertz CT molecular complexity index is 541. The van der Waals surface area contributed by atoms with Crippen LogP contribution in [0.2, 0.25) is 0 Å². The summed E-state index contributed by atoms with van der Waals surface area (Å²) in [7, 11) is 1.82. The lowest BCUT2D eigenvalue weighted by Gasteiger charge is -2.19. The van der Waals surface area contributed by atoms with Crippen LogP contribution >= 0.6 is 0 Å². The van der Waals surface area contributed by atoms with Gasteiger partial charge in [0.15, 0.2) is 0 Å². The van der Waals surface area contributed by atoms with Crippen molar-refractivity contribution >= 4 is 11.9 Å². The van der Waals surface area contributed by atoms with Gasteiger partial charge in [-0.3, -0.25) is 0 Å². The topological polar surface area (TPSA) is 92.0 Å². The third-order valence-electron chi connectivity index (χ3n) is 2.54. The highest BCUT2D eigenvalue weighted by Crippen LogP contribution is 2.12. The zero-order valence-corrected chi connectivity index (χ0v) is 11.9. The van der Waals surface area contributed by atoms with Gasteiger partial charge >= 0.3 is 0 Å². The molecule has 0 aliphatic carbocycles. The van der Waals surface area contributed by atoms with Crippen molar-refractivity contribution in [1.82, 2.24) is 24.7 Å². The average Bonchev–Trinajstić information content (AvgIpc) is 2.92. The van der Waals surface area contributed by atoms with Crippen molar-refractivity contribution in [1.29, 1.82) is 0 Å². The quantitative estimate of drug-likeness (QED) is 0.784. The molecule has 0 aromatic carbocycles. The van der Waals surface area contributed by atoms with Gasteiger partial charge in [-0.2, -0.15) is 20.1 Å². The maximum absolute atomic E-state index is 9.46. The number of likely N-dealkylation sites (N-methyl/N-ethyl adjacent to an activating group) is 1. The minimum Gasteiger partial charge on any atom is -0.392 e. The molecule has 0 aliphatic rings. The highest BCUT2D eigenvalue weighted by Gasteiger charge is 2.12. The van der Waals surface area contributed by atoms with E-state index in [4.69, 9.17) is 0 Å². The first-order chi connectivity index (χ1) is 9.60. The molecule has 8 nitrogen and oxygen atoms in total. The highest BCUT2D eigenvalue weighted by molar-refractivity contribution is 5.39. The van der Waals surface area contributed by atoms with Crippen molar-refractivity contribution in [2.24, 2.45) is 0 Å². The maximum Gasteiger partial charge on any atom is 0.257 e. The minimum atomic E-state index is -0.465. The van der Waals surface area contributed by atoms with Gasteiger partial charge < -0.3 is 15.3 Å². The zero-order valence-electron chi connectivity index (χ0n) is 11.9. The Hall–Kier alpha value is -2.22. The summed E-state index contributed by atoms with van der Waals surface area (Å²) in [5, 5.41) is 16.6. The Kier molecular flexibility index (Phi) is 4.46. The normalized spacial score (nSPS) is 12.2. The zero-order chi connectivity index (χ0) is 14.5. The van der Waals surface area contributed by atoms with Gasteiger partial charge in [-0.1, -0.05) is 0 Å². The van der Waals surface area contributed by atoms with Gasteiger partial charge in [0, 0.05) is 32.5 Å². The second-order valence-electron chi connectivity index (χ2n) is 4.47. The first-order valence-corrected chi connectivity index (χ1v) is 6.49. The lowest BCUT2D eigenvalue weighted by molar-refractivity contribution is 0.201. The molecule has 2 N–H and O–H groups in total. The van der Waals surface area contributed by atoms with Crippen LogP contribution in [0.3, 0.4) is 0 Å². The first-order valence-electron chi connectivity index (χ1n) is 6.49. The van der Waals surface area contributed by atoms with E-state index in [1.165, 1.54) is 0 Å². The van der Waals surface area contributed by atoms with Gasteiger partial charge in [-0.25, -0.2) is 4.68 Å². The van der Waals surface area contributed by atoms with E-state index in [2.05, 4.69) is 25.4 Å². The van der Waals surface area contributed by atoms with E-state index >= 15 is 0 Å². The van der Waals surface area contributed by atoms with E-state index < -0.39 is 6.10 Å². The summed E-state index contributed by atoms with van der Waals surface area (Å²) < 4.78 is 1.57. The number of rotatable bonds is 6. The largest absolute Gasteiger partial charge is 0.392 e. The molecule has 0 amide bonds. The van der Waals surface area contributed by atoms with E-state index in [-0.39, 0.29) is 0 Å². The number of nitrogens with one attached hydrogen (secondary N) is 1. The van der Waals surface area contributed by atoms with Crippen molar-refractivity contribution in [3.63, 3.8) is 0 Å². The molecule has 2 aromatic rings. The molecule has 20 heavy (non-hydrogen) atoms. The lowest BCUT2D eigenvalue weighted by atomic mass is 10.4. The van der Waals surface area contributed by atoms with Gasteiger partial charge in [0.25, 0.3) is 5.95 Å². The summed E-state index contributed by atoms with van der Waals surface area (Å²) in [5.74, 6) is 1.41. The molecule has 0 radical (unpaired) electrons. The predicted octanol–water partition coefficient (Wildman–Crippen LogP) is 0.306. The molecule has 1 atom stereocenters. The number of aliphatic hydroxyl groups is 1. The molecular formula is C12H19N7O. The molecule has 0 saturated heterocycles. The summed E-state index contributed by atoms with van der Waals surface area (Å²) in [6.07, 6.45) is 2.96. The Balaban J connectivity index is 2.35. The molecular weight excluding hydrogens is 258 g/mol. The minimum absolute atomic E-state index is 0.438. The number of aromatic nitrogens is 5. The van der Waals surface area contributed by atoms with Gasteiger partial charge in [0.05, 0.1) is 6.10 Å². The molecule has 108 valence electrons. The van der Waals surface area contributed by atoms with Crippen molar-refractivity contribution in [3.8, 4) is 5.95 Å². The van der Waals surface area contributed by atoms with Crippen molar-refractivity contribution in [2.75, 3.05) is 30.4 Å². The maximum atomic E-state index is 9.46. The van der Waals surface area contributed by atoms with Crippen LogP contribution in [0.1, 0.15) is 13.8 Å². The van der Waals surface area contributed by atoms with Crippen LogP contribution in [0.4, 0.5) is 11.9 Å². The molecule has 8 heteroatoms. The van der Waals surface area contributed by atoms with Gasteiger partial charge in [-0.05, 0) is 19.9 Å². The molecule has 0 spiro atoms. The summed E-state index contributed by atoms with van der Waals surface area (Å²) in [4.78, 5) is 14.8. The molecule has 0 bridgehead atoms. The van der Waals surface area contributed by atoms with E-state index in [9.17, 15) is 5.11 Å². The summed E-state index contributed by atoms with van der Waals surface area (Å²) >= 11 is 0. The number of hydrogen-bond acceptors (Lipinski definition) is 7. The van der Waals surface area contributed by atoms with Crippen LogP contribution in [0.25, 0.3) is 5.95 Å². The lowest BCUT2D eigenvalue weighted by Crippen LogP contribution is -2.29. The van der Waals surface area contributed by atoms with Crippen molar-refractivity contribution < 1.29 is 5.11 Å². The number of hydrogen-bond donors (Lipinski definition) is 2. The van der Waals surface area contributed by atoms with E-state index in [1.807, 2.05) is 14.0 Å². The van der Waals surface area contributed by atoms with Crippen LogP contribution in [-0.2, 0) is 0 Å². The van der Waals surface area contributed by atoms with Crippen LogP contribution in [0.5, 0.6) is 0 Å². The van der Waals surface area contributed by atoms with Gasteiger partial charge in [-0.15, -0.1) is 0 Å². The summed E-state index contributed by atoms with van der Waals surface area (Å²) in [6, 6.07) is 1.80. The molecule has 2 heterocycles. The number of aliphatic hydroxyl groups excluding tert-OH is 1. The SMILES string of the molecule is CCNc1nc(N(C)CC(C)O)nc(-n2cccn2)n1. The summed E-state index contributed by atoms with van der Waals surface area (Å²) in [6.45, 7) is 4.84. The Labute approximate surface area is 117 Å².